The number of nitrogens with one attached hydrogen (secondary N) is 1. The summed E-state index contributed by atoms with van der Waals surface area (Å²) in [5.41, 5.74) is -0.604. The van der Waals surface area contributed by atoms with Gasteiger partial charge in [-0.2, -0.15) is 13.2 Å². The van der Waals surface area contributed by atoms with Crippen molar-refractivity contribution in [1.82, 2.24) is 5.32 Å². The maximum atomic E-state index is 13.4. The van der Waals surface area contributed by atoms with Crippen LogP contribution >= 0.6 is 12.4 Å². The molecule has 1 aliphatic rings. The first-order chi connectivity index (χ1) is 7.98. The van der Waals surface area contributed by atoms with Gasteiger partial charge in [-0.05, 0) is 37.1 Å². The van der Waals surface area contributed by atoms with Gasteiger partial charge in [-0.15, -0.1) is 12.4 Å². The van der Waals surface area contributed by atoms with E-state index in [2.05, 4.69) is 5.32 Å². The second-order valence-electron chi connectivity index (χ2n) is 4.24. The summed E-state index contributed by atoms with van der Waals surface area (Å²) in [5.74, 6) is -1.19. The van der Waals surface area contributed by atoms with Gasteiger partial charge in [0.2, 0.25) is 0 Å². The first kappa shape index (κ1) is 15.2. The highest BCUT2D eigenvalue weighted by Crippen LogP contribution is 2.33. The normalized spacial score (nSPS) is 20.3. The maximum absolute atomic E-state index is 13.4. The molecular formula is C12H14ClF4N. The monoisotopic (exact) mass is 283 g/mol. The maximum Gasteiger partial charge on any atom is 0.419 e. The number of hydrogen-bond donors (Lipinski definition) is 1. The Hall–Kier alpha value is -0.810. The summed E-state index contributed by atoms with van der Waals surface area (Å²) < 4.78 is 50.5. The summed E-state index contributed by atoms with van der Waals surface area (Å²) in [6.45, 7) is 0.827. The van der Waals surface area contributed by atoms with E-state index in [9.17, 15) is 17.6 Å². The Morgan fingerprint density at radius 1 is 1.17 bits per heavy atom. The minimum atomic E-state index is -4.62. The molecular weight excluding hydrogens is 270 g/mol. The summed E-state index contributed by atoms with van der Waals surface area (Å²) in [7, 11) is 0. The minimum Gasteiger partial charge on any atom is -0.310 e. The first-order valence-electron chi connectivity index (χ1n) is 5.58. The molecule has 0 aromatic heterocycles. The molecule has 0 saturated carbocycles. The fraction of sp³-hybridized carbons (Fsp3) is 0.500. The molecule has 1 heterocycles. The van der Waals surface area contributed by atoms with Crippen molar-refractivity contribution in [2.75, 3.05) is 6.54 Å². The Labute approximate surface area is 109 Å². The van der Waals surface area contributed by atoms with Crippen molar-refractivity contribution in [2.24, 2.45) is 0 Å². The fourth-order valence-corrected chi connectivity index (χ4v) is 2.11. The van der Waals surface area contributed by atoms with Crippen LogP contribution < -0.4 is 5.32 Å². The Morgan fingerprint density at radius 3 is 2.39 bits per heavy atom. The zero-order chi connectivity index (χ0) is 12.5. The minimum absolute atomic E-state index is 0. The largest absolute Gasteiger partial charge is 0.419 e. The number of halogens is 5. The predicted octanol–water partition coefficient (Wildman–Crippen LogP) is 4.08. The highest BCUT2D eigenvalue weighted by molar-refractivity contribution is 5.85. The zero-order valence-corrected chi connectivity index (χ0v) is 10.4. The molecule has 0 radical (unpaired) electrons. The Balaban J connectivity index is 0.00000162. The van der Waals surface area contributed by atoms with Crippen LogP contribution in [0.3, 0.4) is 0 Å². The number of hydrogen-bond acceptors (Lipinski definition) is 1. The van der Waals surface area contributed by atoms with E-state index in [0.29, 0.717) is 5.56 Å². The van der Waals surface area contributed by atoms with E-state index in [-0.39, 0.29) is 18.4 Å². The average Bonchev–Trinajstić information content (AvgIpc) is 2.28. The van der Waals surface area contributed by atoms with Crippen molar-refractivity contribution in [3.8, 4) is 0 Å². The van der Waals surface area contributed by atoms with Crippen molar-refractivity contribution in [2.45, 2.75) is 31.5 Å². The molecule has 0 spiro atoms. The first-order valence-corrected chi connectivity index (χ1v) is 5.58. The molecule has 1 aromatic rings. The van der Waals surface area contributed by atoms with Crippen molar-refractivity contribution < 1.29 is 17.6 Å². The number of rotatable bonds is 1. The molecule has 1 saturated heterocycles. The van der Waals surface area contributed by atoms with Gasteiger partial charge in [-0.3, -0.25) is 0 Å². The molecule has 102 valence electrons. The SMILES string of the molecule is Cl.Fc1cc([C@@H]2CCCCN2)ccc1C(F)(F)F. The summed E-state index contributed by atoms with van der Waals surface area (Å²) >= 11 is 0. The van der Waals surface area contributed by atoms with Gasteiger partial charge in [0, 0.05) is 6.04 Å². The van der Waals surface area contributed by atoms with Crippen LogP contribution in [0.1, 0.15) is 36.4 Å². The summed E-state index contributed by atoms with van der Waals surface area (Å²) in [4.78, 5) is 0. The lowest BCUT2D eigenvalue weighted by Gasteiger charge is -2.24. The number of alkyl halides is 3. The lowest BCUT2D eigenvalue weighted by Crippen LogP contribution is -2.27. The van der Waals surface area contributed by atoms with E-state index in [4.69, 9.17) is 0 Å². The molecule has 1 fully saturated rings. The Kier molecular flexibility index (Phi) is 4.99. The van der Waals surface area contributed by atoms with Gasteiger partial charge in [0.25, 0.3) is 0 Å². The van der Waals surface area contributed by atoms with E-state index in [1.807, 2.05) is 0 Å². The van der Waals surface area contributed by atoms with Crippen molar-refractivity contribution >= 4 is 12.4 Å². The van der Waals surface area contributed by atoms with Crippen molar-refractivity contribution in [3.05, 3.63) is 35.1 Å². The molecule has 0 bridgehead atoms. The van der Waals surface area contributed by atoms with Crippen LogP contribution in [-0.2, 0) is 6.18 Å². The topological polar surface area (TPSA) is 12.0 Å². The van der Waals surface area contributed by atoms with E-state index < -0.39 is 17.6 Å². The molecule has 6 heteroatoms. The molecule has 0 unspecified atom stereocenters. The third-order valence-electron chi connectivity index (χ3n) is 3.01. The molecule has 0 amide bonds. The third kappa shape index (κ3) is 3.36. The van der Waals surface area contributed by atoms with Gasteiger partial charge >= 0.3 is 6.18 Å². The van der Waals surface area contributed by atoms with E-state index >= 15 is 0 Å². The van der Waals surface area contributed by atoms with Crippen LogP contribution in [-0.4, -0.2) is 6.54 Å². The van der Waals surface area contributed by atoms with Gasteiger partial charge in [0.15, 0.2) is 0 Å². The van der Waals surface area contributed by atoms with Crippen LogP contribution in [0.4, 0.5) is 17.6 Å². The standard InChI is InChI=1S/C12H13F4N.ClH/c13-10-7-8(11-3-1-2-6-17-11)4-5-9(10)12(14,15)16;/h4-5,7,11,17H,1-3,6H2;1H/t11-;/m0./s1. The Bertz CT molecular complexity index is 400. The van der Waals surface area contributed by atoms with Crippen LogP contribution in [0, 0.1) is 5.82 Å². The van der Waals surface area contributed by atoms with Crippen LogP contribution in [0.5, 0.6) is 0 Å². The highest BCUT2D eigenvalue weighted by atomic mass is 35.5. The summed E-state index contributed by atoms with van der Waals surface area (Å²) in [6, 6.07) is 3.14. The quantitative estimate of drug-likeness (QED) is 0.766. The number of benzene rings is 1. The molecule has 0 aliphatic carbocycles. The second-order valence-corrected chi connectivity index (χ2v) is 4.24. The number of piperidine rings is 1. The molecule has 18 heavy (non-hydrogen) atoms. The van der Waals surface area contributed by atoms with Gasteiger partial charge in [-0.1, -0.05) is 12.5 Å². The van der Waals surface area contributed by atoms with Gasteiger partial charge in [0.05, 0.1) is 5.56 Å². The second kappa shape index (κ2) is 5.89. The molecule has 1 nitrogen and oxygen atoms in total. The summed E-state index contributed by atoms with van der Waals surface area (Å²) in [6.07, 6.45) is -1.71. The Morgan fingerprint density at radius 2 is 1.89 bits per heavy atom. The highest BCUT2D eigenvalue weighted by Gasteiger charge is 2.34. The van der Waals surface area contributed by atoms with Crippen molar-refractivity contribution in [3.63, 3.8) is 0 Å². The molecule has 1 aliphatic heterocycles. The van der Waals surface area contributed by atoms with Gasteiger partial charge in [0.1, 0.15) is 5.82 Å². The van der Waals surface area contributed by atoms with E-state index in [1.165, 1.54) is 6.07 Å². The van der Waals surface area contributed by atoms with Crippen LogP contribution in [0.15, 0.2) is 18.2 Å². The summed E-state index contributed by atoms with van der Waals surface area (Å²) in [5, 5.41) is 3.17. The molecule has 1 aromatic carbocycles. The smallest absolute Gasteiger partial charge is 0.310 e. The molecule has 1 N–H and O–H groups in total. The lowest BCUT2D eigenvalue weighted by molar-refractivity contribution is -0.140. The third-order valence-corrected chi connectivity index (χ3v) is 3.01. The van der Waals surface area contributed by atoms with Crippen LogP contribution in [0.2, 0.25) is 0 Å². The van der Waals surface area contributed by atoms with Crippen molar-refractivity contribution in [1.29, 1.82) is 0 Å². The van der Waals surface area contributed by atoms with Gasteiger partial charge in [-0.25, -0.2) is 4.39 Å². The molecule has 1 atom stereocenters. The predicted molar refractivity (Wildman–Crippen MR) is 63.2 cm³/mol. The van der Waals surface area contributed by atoms with Gasteiger partial charge < -0.3 is 5.32 Å². The average molecular weight is 284 g/mol. The fourth-order valence-electron chi connectivity index (χ4n) is 2.11. The zero-order valence-electron chi connectivity index (χ0n) is 9.56. The van der Waals surface area contributed by atoms with E-state index in [1.54, 1.807) is 0 Å². The van der Waals surface area contributed by atoms with Crippen LogP contribution in [0.25, 0.3) is 0 Å². The lowest BCUT2D eigenvalue weighted by atomic mass is 9.96. The van der Waals surface area contributed by atoms with E-state index in [0.717, 1.165) is 37.9 Å². The molecule has 2 rings (SSSR count).